The van der Waals surface area contributed by atoms with E-state index in [-0.39, 0.29) is 0 Å². The summed E-state index contributed by atoms with van der Waals surface area (Å²) in [6, 6.07) is 2.29. The summed E-state index contributed by atoms with van der Waals surface area (Å²) in [5.74, 6) is 0.727. The van der Waals surface area contributed by atoms with Crippen molar-refractivity contribution in [3.8, 4) is 0 Å². The molecule has 2 heterocycles. The van der Waals surface area contributed by atoms with Crippen LogP contribution >= 0.6 is 11.3 Å². The summed E-state index contributed by atoms with van der Waals surface area (Å²) in [6.45, 7) is 8.36. The second-order valence-corrected chi connectivity index (χ2v) is 5.76. The highest BCUT2D eigenvalue weighted by Crippen LogP contribution is 2.20. The van der Waals surface area contributed by atoms with Crippen LogP contribution in [0, 0.1) is 19.8 Å². The molecule has 0 bridgehead atoms. The fraction of sp³-hybridized carbons (Fsp3) is 0.667. The molecule has 15 heavy (non-hydrogen) atoms. The zero-order valence-electron chi connectivity index (χ0n) is 9.51. The van der Waals surface area contributed by atoms with E-state index in [2.05, 4.69) is 25.2 Å². The third-order valence-electron chi connectivity index (χ3n) is 2.92. The monoisotopic (exact) mass is 225 g/mol. The molecule has 1 aromatic rings. The highest BCUT2D eigenvalue weighted by Gasteiger charge is 2.14. The van der Waals surface area contributed by atoms with Crippen molar-refractivity contribution in [1.29, 1.82) is 0 Å². The first-order chi connectivity index (χ1) is 7.25. The molecule has 0 amide bonds. The number of hydrogen-bond acceptors (Lipinski definition) is 3. The van der Waals surface area contributed by atoms with Crippen LogP contribution in [0.2, 0.25) is 0 Å². The molecular weight excluding hydrogens is 206 g/mol. The minimum absolute atomic E-state index is 0.727. The number of rotatable bonds is 4. The van der Waals surface area contributed by atoms with E-state index in [9.17, 15) is 0 Å². The zero-order valence-corrected chi connectivity index (χ0v) is 10.3. The van der Waals surface area contributed by atoms with Crippen molar-refractivity contribution < 1.29 is 4.74 Å². The summed E-state index contributed by atoms with van der Waals surface area (Å²) in [5, 5.41) is 3.52. The Balaban J connectivity index is 1.75. The fourth-order valence-electron chi connectivity index (χ4n) is 2.01. The first-order valence-electron chi connectivity index (χ1n) is 5.60. The molecule has 1 saturated heterocycles. The Morgan fingerprint density at radius 1 is 1.53 bits per heavy atom. The van der Waals surface area contributed by atoms with Crippen LogP contribution in [0.15, 0.2) is 6.07 Å². The van der Waals surface area contributed by atoms with Gasteiger partial charge in [0.2, 0.25) is 0 Å². The Kier molecular flexibility index (Phi) is 3.78. The van der Waals surface area contributed by atoms with E-state index in [0.717, 1.165) is 32.2 Å². The maximum Gasteiger partial charge on any atom is 0.0507 e. The quantitative estimate of drug-likeness (QED) is 0.850. The summed E-state index contributed by atoms with van der Waals surface area (Å²) >= 11 is 1.89. The summed E-state index contributed by atoms with van der Waals surface area (Å²) in [7, 11) is 0. The molecule has 2 rings (SSSR count). The maximum atomic E-state index is 5.35. The predicted molar refractivity (Wildman–Crippen MR) is 64.4 cm³/mol. The lowest BCUT2D eigenvalue weighted by atomic mass is 10.1. The maximum absolute atomic E-state index is 5.35. The number of aryl methyl sites for hydroxylation is 2. The molecule has 1 atom stereocenters. The van der Waals surface area contributed by atoms with Gasteiger partial charge in [0.1, 0.15) is 0 Å². The van der Waals surface area contributed by atoms with Crippen molar-refractivity contribution in [2.45, 2.75) is 26.8 Å². The highest BCUT2D eigenvalue weighted by atomic mass is 32.1. The first-order valence-corrected chi connectivity index (χ1v) is 6.41. The van der Waals surface area contributed by atoms with E-state index < -0.39 is 0 Å². The van der Waals surface area contributed by atoms with E-state index in [1.165, 1.54) is 21.7 Å². The molecule has 0 aromatic carbocycles. The molecule has 1 aliphatic heterocycles. The molecule has 1 fully saturated rings. The second kappa shape index (κ2) is 5.10. The number of nitrogens with one attached hydrogen (secondary N) is 1. The van der Waals surface area contributed by atoms with Crippen LogP contribution in [0.5, 0.6) is 0 Å². The summed E-state index contributed by atoms with van der Waals surface area (Å²) in [5.41, 5.74) is 1.46. The summed E-state index contributed by atoms with van der Waals surface area (Å²) in [4.78, 5) is 2.86. The number of ether oxygens (including phenoxy) is 1. The molecule has 0 aliphatic carbocycles. The summed E-state index contributed by atoms with van der Waals surface area (Å²) < 4.78 is 5.35. The molecule has 1 unspecified atom stereocenters. The molecular formula is C12H19NOS. The standard InChI is InChI=1S/C12H19NOS/c1-9-5-12(10(2)15-9)7-13-6-11-3-4-14-8-11/h5,11,13H,3-4,6-8H2,1-2H3. The Morgan fingerprint density at radius 2 is 2.40 bits per heavy atom. The normalized spacial score (nSPS) is 21.1. The van der Waals surface area contributed by atoms with Gasteiger partial charge in [-0.25, -0.2) is 0 Å². The van der Waals surface area contributed by atoms with Crippen LogP contribution in [0.3, 0.4) is 0 Å². The van der Waals surface area contributed by atoms with Gasteiger partial charge < -0.3 is 10.1 Å². The molecule has 0 spiro atoms. The lowest BCUT2D eigenvalue weighted by Gasteiger charge is -2.08. The number of hydrogen-bond donors (Lipinski definition) is 1. The predicted octanol–water partition coefficient (Wildman–Crippen LogP) is 2.49. The van der Waals surface area contributed by atoms with Crippen molar-refractivity contribution in [1.82, 2.24) is 5.32 Å². The largest absolute Gasteiger partial charge is 0.381 e. The van der Waals surface area contributed by atoms with E-state index in [1.807, 2.05) is 11.3 Å². The van der Waals surface area contributed by atoms with E-state index in [4.69, 9.17) is 4.74 Å². The molecule has 1 N–H and O–H groups in total. The van der Waals surface area contributed by atoms with Gasteiger partial charge >= 0.3 is 0 Å². The molecule has 3 heteroatoms. The van der Waals surface area contributed by atoms with Gasteiger partial charge in [0, 0.05) is 29.5 Å². The smallest absolute Gasteiger partial charge is 0.0507 e. The van der Waals surface area contributed by atoms with Gasteiger partial charge in [0.25, 0.3) is 0 Å². The SMILES string of the molecule is Cc1cc(CNCC2CCOC2)c(C)s1. The second-order valence-electron chi connectivity index (χ2n) is 4.30. The lowest BCUT2D eigenvalue weighted by Crippen LogP contribution is -2.22. The van der Waals surface area contributed by atoms with Crippen molar-refractivity contribution in [2.24, 2.45) is 5.92 Å². The van der Waals surface area contributed by atoms with Crippen LogP contribution in [0.25, 0.3) is 0 Å². The van der Waals surface area contributed by atoms with Gasteiger partial charge in [-0.05, 0) is 37.8 Å². The highest BCUT2D eigenvalue weighted by molar-refractivity contribution is 7.12. The molecule has 84 valence electrons. The van der Waals surface area contributed by atoms with Gasteiger partial charge in [-0.15, -0.1) is 11.3 Å². The van der Waals surface area contributed by atoms with Crippen LogP contribution in [-0.2, 0) is 11.3 Å². The molecule has 1 aliphatic rings. The molecule has 0 radical (unpaired) electrons. The molecule has 2 nitrogen and oxygen atoms in total. The van der Waals surface area contributed by atoms with E-state index in [0.29, 0.717) is 0 Å². The first kappa shape index (κ1) is 11.1. The average molecular weight is 225 g/mol. The summed E-state index contributed by atoms with van der Waals surface area (Å²) in [6.07, 6.45) is 1.22. The van der Waals surface area contributed by atoms with Crippen molar-refractivity contribution in [2.75, 3.05) is 19.8 Å². The Morgan fingerprint density at radius 3 is 3.00 bits per heavy atom. The lowest BCUT2D eigenvalue weighted by molar-refractivity contribution is 0.185. The fourth-order valence-corrected chi connectivity index (χ4v) is 2.96. The minimum atomic E-state index is 0.727. The average Bonchev–Trinajstić information content (AvgIpc) is 2.77. The number of thiophene rings is 1. The zero-order chi connectivity index (χ0) is 10.7. The topological polar surface area (TPSA) is 21.3 Å². The van der Waals surface area contributed by atoms with Gasteiger partial charge in [0.05, 0.1) is 6.61 Å². The van der Waals surface area contributed by atoms with Gasteiger partial charge in [-0.1, -0.05) is 0 Å². The van der Waals surface area contributed by atoms with Crippen molar-refractivity contribution in [3.05, 3.63) is 21.4 Å². The van der Waals surface area contributed by atoms with Gasteiger partial charge in [-0.3, -0.25) is 0 Å². The minimum Gasteiger partial charge on any atom is -0.381 e. The molecule has 1 aromatic heterocycles. The Hall–Kier alpha value is -0.380. The van der Waals surface area contributed by atoms with Crippen molar-refractivity contribution >= 4 is 11.3 Å². The Labute approximate surface area is 95.6 Å². The van der Waals surface area contributed by atoms with E-state index >= 15 is 0 Å². The van der Waals surface area contributed by atoms with Crippen molar-refractivity contribution in [3.63, 3.8) is 0 Å². The van der Waals surface area contributed by atoms with Gasteiger partial charge in [0.15, 0.2) is 0 Å². The van der Waals surface area contributed by atoms with Crippen LogP contribution < -0.4 is 5.32 Å². The van der Waals surface area contributed by atoms with Crippen LogP contribution in [0.4, 0.5) is 0 Å². The third kappa shape index (κ3) is 3.03. The van der Waals surface area contributed by atoms with Crippen LogP contribution in [-0.4, -0.2) is 19.8 Å². The van der Waals surface area contributed by atoms with Gasteiger partial charge in [-0.2, -0.15) is 0 Å². The Bertz CT molecular complexity index is 315. The van der Waals surface area contributed by atoms with Crippen LogP contribution in [0.1, 0.15) is 21.7 Å². The van der Waals surface area contributed by atoms with E-state index in [1.54, 1.807) is 0 Å². The third-order valence-corrected chi connectivity index (χ3v) is 3.92. The molecule has 0 saturated carbocycles.